The molecule has 1 N–H and O–H groups in total. The Kier molecular flexibility index (Phi) is 12.4. The van der Waals surface area contributed by atoms with E-state index < -0.39 is 69.2 Å². The highest BCUT2D eigenvalue weighted by Gasteiger charge is 2.54. The first-order valence-electron chi connectivity index (χ1n) is 15.0. The Balaban J connectivity index is 1.58. The molecule has 0 amide bonds. The summed E-state index contributed by atoms with van der Waals surface area (Å²) >= 11 is 18.8. The number of benzene rings is 4. The third-order valence-corrected chi connectivity index (χ3v) is 9.13. The predicted molar refractivity (Wildman–Crippen MR) is 188 cm³/mol. The molecule has 258 valence electrons. The van der Waals surface area contributed by atoms with Gasteiger partial charge >= 0.3 is 23.9 Å². The van der Waals surface area contributed by atoms with Crippen LogP contribution in [-0.4, -0.2) is 69.2 Å². The van der Waals surface area contributed by atoms with E-state index in [1.807, 2.05) is 0 Å². The van der Waals surface area contributed by atoms with Gasteiger partial charge in [0.05, 0.1) is 27.5 Å². The molecule has 14 heteroatoms. The summed E-state index contributed by atoms with van der Waals surface area (Å²) in [6.07, 6.45) is -4.58. The maximum absolute atomic E-state index is 13.6. The molecule has 1 heterocycles. The molecule has 0 bridgehead atoms. The highest BCUT2D eigenvalue weighted by atomic mass is 35.6. The summed E-state index contributed by atoms with van der Waals surface area (Å²) in [6, 6.07) is 32.1. The van der Waals surface area contributed by atoms with Crippen molar-refractivity contribution in [1.29, 1.82) is 5.41 Å². The molecule has 5 rings (SSSR count). The Hall–Kier alpha value is -4.55. The number of carbonyl (C=O) groups excluding carboxylic acids is 4. The first-order chi connectivity index (χ1) is 24.0. The van der Waals surface area contributed by atoms with E-state index in [1.54, 1.807) is 84.9 Å². The lowest BCUT2D eigenvalue weighted by atomic mass is 10.0. The normalized spacial score (nSPS) is 20.1. The number of alkyl halides is 3. The Morgan fingerprint density at radius 1 is 0.540 bits per heavy atom. The Labute approximate surface area is 306 Å². The number of carbonyl (C=O) groups is 4. The van der Waals surface area contributed by atoms with Gasteiger partial charge in [-0.3, -0.25) is 5.41 Å². The van der Waals surface area contributed by atoms with Crippen LogP contribution in [0.25, 0.3) is 0 Å². The second kappa shape index (κ2) is 16.9. The number of rotatable bonds is 10. The van der Waals surface area contributed by atoms with Gasteiger partial charge in [-0.25, -0.2) is 19.2 Å². The van der Waals surface area contributed by atoms with Crippen LogP contribution in [0.15, 0.2) is 121 Å². The van der Waals surface area contributed by atoms with Crippen LogP contribution < -0.4 is 0 Å². The lowest BCUT2D eigenvalue weighted by Gasteiger charge is -2.44. The van der Waals surface area contributed by atoms with Crippen LogP contribution in [0.3, 0.4) is 0 Å². The molecule has 0 aromatic heterocycles. The van der Waals surface area contributed by atoms with Gasteiger partial charge in [0, 0.05) is 0 Å². The van der Waals surface area contributed by atoms with Crippen LogP contribution in [0.2, 0.25) is 0 Å². The van der Waals surface area contributed by atoms with Crippen LogP contribution in [-0.2, 0) is 23.7 Å². The number of ether oxygens (including phenoxy) is 5. The van der Waals surface area contributed by atoms with Crippen molar-refractivity contribution >= 4 is 76.3 Å². The third kappa shape index (κ3) is 9.57. The molecule has 10 nitrogen and oxygen atoms in total. The van der Waals surface area contributed by atoms with Crippen LogP contribution in [0.1, 0.15) is 41.4 Å². The zero-order chi connectivity index (χ0) is 35.7. The fraction of sp³-hybridized carbons (Fsp3) is 0.194. The van der Waals surface area contributed by atoms with E-state index >= 15 is 0 Å². The van der Waals surface area contributed by atoms with E-state index in [0.29, 0.717) is 0 Å². The summed E-state index contributed by atoms with van der Waals surface area (Å²) in [5.74, 6) is -4.06. The Bertz CT molecular complexity index is 1800. The van der Waals surface area contributed by atoms with Gasteiger partial charge in [-0.15, -0.1) is 11.8 Å². The van der Waals surface area contributed by atoms with Crippen molar-refractivity contribution in [2.75, 3.05) is 6.61 Å². The van der Waals surface area contributed by atoms with Gasteiger partial charge in [-0.05, 0) is 48.5 Å². The zero-order valence-electron chi connectivity index (χ0n) is 25.9. The second-order valence-electron chi connectivity index (χ2n) is 10.7. The Morgan fingerprint density at radius 2 is 0.900 bits per heavy atom. The molecular formula is C36H28Cl3NO9S. The number of nitrogens with one attached hydrogen (secondary N) is 1. The van der Waals surface area contributed by atoms with Gasteiger partial charge in [0.25, 0.3) is 3.79 Å². The van der Waals surface area contributed by atoms with Gasteiger partial charge in [-0.1, -0.05) is 108 Å². The Morgan fingerprint density at radius 3 is 1.30 bits per heavy atom. The first kappa shape index (κ1) is 36.7. The highest BCUT2D eigenvalue weighted by molar-refractivity contribution is 8.00. The van der Waals surface area contributed by atoms with Crippen molar-refractivity contribution in [3.8, 4) is 0 Å². The summed E-state index contributed by atoms with van der Waals surface area (Å²) in [7, 11) is 0. The van der Waals surface area contributed by atoms with Crippen molar-refractivity contribution in [3.05, 3.63) is 144 Å². The van der Waals surface area contributed by atoms with Crippen molar-refractivity contribution in [2.24, 2.45) is 0 Å². The van der Waals surface area contributed by atoms with Gasteiger partial charge in [0.15, 0.2) is 23.7 Å². The number of esters is 4. The number of halogens is 3. The average Bonchev–Trinajstić information content (AvgIpc) is 3.13. The van der Waals surface area contributed by atoms with Gasteiger partial charge in [0.1, 0.15) is 6.61 Å². The summed E-state index contributed by atoms with van der Waals surface area (Å²) in [6.45, 7) is -0.412. The maximum Gasteiger partial charge on any atom is 0.338 e. The fourth-order valence-electron chi connectivity index (χ4n) is 4.81. The number of hydrogen-bond acceptors (Lipinski definition) is 11. The van der Waals surface area contributed by atoms with Crippen LogP contribution in [0.4, 0.5) is 0 Å². The summed E-state index contributed by atoms with van der Waals surface area (Å²) in [4.78, 5) is 53.7. The van der Waals surface area contributed by atoms with Crippen molar-refractivity contribution in [1.82, 2.24) is 0 Å². The first-order valence-corrected chi connectivity index (χ1v) is 17.1. The molecule has 4 aromatic carbocycles. The number of thioether (sulfide) groups is 1. The molecule has 0 spiro atoms. The molecule has 0 aliphatic carbocycles. The van der Waals surface area contributed by atoms with Gasteiger partial charge in [-0.2, -0.15) is 0 Å². The molecular weight excluding hydrogens is 729 g/mol. The average molecular weight is 757 g/mol. The van der Waals surface area contributed by atoms with Gasteiger partial charge < -0.3 is 23.7 Å². The van der Waals surface area contributed by atoms with Crippen molar-refractivity contribution in [2.45, 2.75) is 32.8 Å². The predicted octanol–water partition coefficient (Wildman–Crippen LogP) is 7.33. The zero-order valence-corrected chi connectivity index (χ0v) is 28.9. The van der Waals surface area contributed by atoms with E-state index in [-0.39, 0.29) is 22.3 Å². The van der Waals surface area contributed by atoms with E-state index in [4.69, 9.17) is 63.9 Å². The van der Waals surface area contributed by atoms with E-state index in [0.717, 1.165) is 11.8 Å². The molecule has 0 saturated carbocycles. The lowest BCUT2D eigenvalue weighted by molar-refractivity contribution is -0.112. The standard InChI is InChI=1S/C36H28Cl3NO9S/c37-36(38,39)35(40)49-34-29(48-33(44)25-19-11-4-12-20-25)28(47-32(43)24-17-9-3-10-18-24)27(46-31(42)23-15-7-2-8-16-23)26(50-34)21-45-30(41)22-13-5-1-6-14-22/h1-20,26-29,34,40H,21H2/t26-,27-,28+,29-,34-/m1/s1. The van der Waals surface area contributed by atoms with Gasteiger partial charge in [0.2, 0.25) is 5.90 Å². The molecule has 0 radical (unpaired) electrons. The molecule has 1 fully saturated rings. The van der Waals surface area contributed by atoms with Crippen LogP contribution in [0.5, 0.6) is 0 Å². The molecule has 4 aromatic rings. The summed E-state index contributed by atoms with van der Waals surface area (Å²) in [5.41, 5.74) is -0.729. The monoisotopic (exact) mass is 755 g/mol. The largest absolute Gasteiger partial charge is 0.461 e. The minimum Gasteiger partial charge on any atom is -0.461 e. The molecule has 50 heavy (non-hydrogen) atoms. The smallest absolute Gasteiger partial charge is 0.338 e. The van der Waals surface area contributed by atoms with Crippen molar-refractivity contribution in [3.63, 3.8) is 0 Å². The molecule has 5 atom stereocenters. The minimum atomic E-state index is -2.34. The third-order valence-electron chi connectivity index (χ3n) is 7.23. The lowest BCUT2D eigenvalue weighted by Crippen LogP contribution is -2.60. The van der Waals surface area contributed by atoms with E-state index in [9.17, 15) is 19.2 Å². The summed E-state index contributed by atoms with van der Waals surface area (Å²) in [5, 5.41) is 7.29. The second-order valence-corrected chi connectivity index (χ2v) is 14.3. The summed E-state index contributed by atoms with van der Waals surface area (Å²) < 4.78 is 27.0. The maximum atomic E-state index is 13.6. The number of hydrogen-bond donors (Lipinski definition) is 1. The van der Waals surface area contributed by atoms with Crippen LogP contribution in [0, 0.1) is 5.41 Å². The fourth-order valence-corrected chi connectivity index (χ4v) is 6.31. The SMILES string of the molecule is N=C(O[C@@H]1S[C@H](COC(=O)c2ccccc2)[C@@H](OC(=O)c2ccccc2)[C@H](OC(=O)c2ccccc2)[C@H]1OC(=O)c1ccccc1)C(Cl)(Cl)Cl. The minimum absolute atomic E-state index is 0.130. The molecule has 1 saturated heterocycles. The highest BCUT2D eigenvalue weighted by Crippen LogP contribution is 2.41. The topological polar surface area (TPSA) is 138 Å². The molecule has 1 aliphatic rings. The van der Waals surface area contributed by atoms with E-state index in [1.165, 1.54) is 36.4 Å². The quantitative estimate of drug-likeness (QED) is 0.0576. The molecule has 1 aliphatic heterocycles. The van der Waals surface area contributed by atoms with Crippen LogP contribution >= 0.6 is 46.6 Å². The van der Waals surface area contributed by atoms with E-state index in [2.05, 4.69) is 0 Å². The molecule has 0 unspecified atom stereocenters. The van der Waals surface area contributed by atoms with Crippen molar-refractivity contribution < 1.29 is 42.9 Å².